The number of aromatic nitrogens is 1. The quantitative estimate of drug-likeness (QED) is 0.516. The molecule has 0 saturated carbocycles. The Morgan fingerprint density at radius 3 is 2.72 bits per heavy atom. The number of pyridine rings is 1. The summed E-state index contributed by atoms with van der Waals surface area (Å²) in [5.41, 5.74) is 0.961. The van der Waals surface area contributed by atoms with Crippen LogP contribution in [0.25, 0.3) is 0 Å². The molecule has 2 saturated heterocycles. The summed E-state index contributed by atoms with van der Waals surface area (Å²) in [7, 11) is 1.81. The number of carbonyl (C=O) groups is 1. The lowest BCUT2D eigenvalue weighted by molar-refractivity contribution is -1.11. The van der Waals surface area contributed by atoms with Crippen LogP contribution in [0.15, 0.2) is 24.5 Å². The molecule has 0 spiro atoms. The standard InChI is InChI=1S/C16H22N2O7/c1-18(7-3-5-10(18)9-4-2-6-17-8-9)25-16-13(21)11(19)12(20)14(24-16)15(22)23/h2,4,6,8,10-14,16,19-21H,3,5,7H2,1H3/p+1/t10?,11-,12-,13+,14-,16-,18-/m0/s1. The first-order valence-electron chi connectivity index (χ1n) is 8.19. The first-order chi connectivity index (χ1) is 11.8. The topological polar surface area (TPSA) is 129 Å². The zero-order valence-corrected chi connectivity index (χ0v) is 13.8. The van der Waals surface area contributed by atoms with Gasteiger partial charge in [0.25, 0.3) is 0 Å². The Bertz CT molecular complexity index is 616. The van der Waals surface area contributed by atoms with Crippen LogP contribution in [0.1, 0.15) is 24.4 Å². The fourth-order valence-electron chi connectivity index (χ4n) is 3.59. The molecule has 138 valence electrons. The zero-order valence-electron chi connectivity index (χ0n) is 13.8. The van der Waals surface area contributed by atoms with Crippen LogP contribution in [0.5, 0.6) is 0 Å². The number of aliphatic hydroxyl groups is 3. The number of aliphatic hydroxyl groups excluding tert-OH is 3. The molecule has 2 aliphatic rings. The predicted octanol–water partition coefficient (Wildman–Crippen LogP) is -0.813. The molecular weight excluding hydrogens is 332 g/mol. The third kappa shape index (κ3) is 3.39. The molecular formula is C16H23N2O7+. The van der Waals surface area contributed by atoms with Crippen molar-refractivity contribution in [3.63, 3.8) is 0 Å². The minimum atomic E-state index is -1.73. The maximum Gasteiger partial charge on any atom is 0.335 e. The predicted molar refractivity (Wildman–Crippen MR) is 82.7 cm³/mol. The summed E-state index contributed by atoms with van der Waals surface area (Å²) in [5, 5.41) is 39.0. The Labute approximate surface area is 144 Å². The van der Waals surface area contributed by atoms with E-state index in [1.54, 1.807) is 12.4 Å². The van der Waals surface area contributed by atoms with Crippen molar-refractivity contribution in [2.45, 2.75) is 49.6 Å². The molecule has 1 aromatic rings. The molecule has 3 heterocycles. The highest BCUT2D eigenvalue weighted by Gasteiger charge is 2.52. The minimum absolute atomic E-state index is 0.0581. The smallest absolute Gasteiger partial charge is 0.335 e. The highest BCUT2D eigenvalue weighted by atomic mass is 16.8. The van der Waals surface area contributed by atoms with Crippen LogP contribution in [0, 0.1) is 0 Å². The third-order valence-electron chi connectivity index (χ3n) is 4.97. The van der Waals surface area contributed by atoms with E-state index in [9.17, 15) is 20.1 Å². The molecule has 2 aliphatic heterocycles. The maximum atomic E-state index is 11.2. The molecule has 2 fully saturated rings. The van der Waals surface area contributed by atoms with Crippen LogP contribution < -0.4 is 0 Å². The largest absolute Gasteiger partial charge is 0.479 e. The van der Waals surface area contributed by atoms with Crippen LogP contribution in [0.4, 0.5) is 0 Å². The average molecular weight is 355 g/mol. The second kappa shape index (κ2) is 6.94. The summed E-state index contributed by atoms with van der Waals surface area (Å²) >= 11 is 0. The fourth-order valence-corrected chi connectivity index (χ4v) is 3.59. The van der Waals surface area contributed by atoms with E-state index in [1.807, 2.05) is 19.2 Å². The number of quaternary nitrogens is 1. The monoisotopic (exact) mass is 355 g/mol. The molecule has 0 bridgehead atoms. The van der Waals surface area contributed by atoms with Gasteiger partial charge in [0.1, 0.15) is 30.9 Å². The molecule has 1 aromatic heterocycles. The van der Waals surface area contributed by atoms with Gasteiger partial charge in [-0.15, -0.1) is 0 Å². The van der Waals surface area contributed by atoms with Crippen LogP contribution >= 0.6 is 0 Å². The number of hydroxylamine groups is 3. The van der Waals surface area contributed by atoms with E-state index in [0.717, 1.165) is 18.4 Å². The van der Waals surface area contributed by atoms with Crippen molar-refractivity contribution in [1.82, 2.24) is 4.98 Å². The highest BCUT2D eigenvalue weighted by molar-refractivity contribution is 5.73. The zero-order chi connectivity index (χ0) is 18.2. The van der Waals surface area contributed by atoms with Gasteiger partial charge < -0.3 is 25.2 Å². The molecule has 3 rings (SSSR count). The number of hydrogen-bond acceptors (Lipinski definition) is 7. The van der Waals surface area contributed by atoms with Crippen molar-refractivity contribution < 1.29 is 39.4 Å². The van der Waals surface area contributed by atoms with Crippen molar-refractivity contribution >= 4 is 5.97 Å². The van der Waals surface area contributed by atoms with E-state index in [4.69, 9.17) is 14.7 Å². The van der Waals surface area contributed by atoms with Crippen molar-refractivity contribution in [3.05, 3.63) is 30.1 Å². The number of carboxylic acids is 1. The lowest BCUT2D eigenvalue weighted by Gasteiger charge is -2.42. The number of nitrogens with zero attached hydrogens (tertiary/aromatic N) is 2. The van der Waals surface area contributed by atoms with Crippen molar-refractivity contribution in [2.24, 2.45) is 0 Å². The Morgan fingerprint density at radius 1 is 1.32 bits per heavy atom. The Balaban J connectivity index is 1.80. The van der Waals surface area contributed by atoms with Gasteiger partial charge >= 0.3 is 5.97 Å². The van der Waals surface area contributed by atoms with E-state index in [2.05, 4.69) is 4.98 Å². The Morgan fingerprint density at radius 2 is 2.08 bits per heavy atom. The van der Waals surface area contributed by atoms with Gasteiger partial charge in [0, 0.05) is 30.8 Å². The number of aliphatic carboxylic acids is 1. The van der Waals surface area contributed by atoms with E-state index in [0.29, 0.717) is 6.54 Å². The van der Waals surface area contributed by atoms with Crippen LogP contribution in [-0.4, -0.2) is 80.3 Å². The average Bonchev–Trinajstić information content (AvgIpc) is 2.97. The maximum absolute atomic E-state index is 11.2. The third-order valence-corrected chi connectivity index (χ3v) is 4.97. The lowest BCUT2D eigenvalue weighted by atomic mass is 9.99. The summed E-state index contributed by atoms with van der Waals surface area (Å²) < 4.78 is 5.30. The SMILES string of the molecule is C[N@+]1(O[C@@H]2O[C@H](C(=O)O)[C@@H](O)[C@H](O)[C@H]2O)CCCC1c1cccnc1. The van der Waals surface area contributed by atoms with Gasteiger partial charge in [-0.1, -0.05) is 0 Å². The molecule has 9 nitrogen and oxygen atoms in total. The number of rotatable bonds is 4. The molecule has 0 amide bonds. The molecule has 0 aromatic carbocycles. The van der Waals surface area contributed by atoms with Crippen LogP contribution in [0.3, 0.4) is 0 Å². The van der Waals surface area contributed by atoms with Crippen LogP contribution in [0.2, 0.25) is 0 Å². The minimum Gasteiger partial charge on any atom is -0.479 e. The van der Waals surface area contributed by atoms with E-state index < -0.39 is 36.7 Å². The molecule has 1 unspecified atom stereocenters. The van der Waals surface area contributed by atoms with Crippen LogP contribution in [-0.2, 0) is 14.4 Å². The second-order valence-corrected chi connectivity index (χ2v) is 6.68. The fraction of sp³-hybridized carbons (Fsp3) is 0.625. The summed E-state index contributed by atoms with van der Waals surface area (Å²) in [6.07, 6.45) is -2.90. The molecule has 7 atom stereocenters. The number of likely N-dealkylation sites (tertiary alicyclic amines) is 1. The molecule has 0 radical (unpaired) electrons. The summed E-state index contributed by atoms with van der Waals surface area (Å²) in [6, 6.07) is 3.70. The number of carboxylic acid groups (broad SMARTS) is 1. The Kier molecular flexibility index (Phi) is 5.05. The van der Waals surface area contributed by atoms with Crippen molar-refractivity contribution in [2.75, 3.05) is 13.6 Å². The first-order valence-corrected chi connectivity index (χ1v) is 8.19. The van der Waals surface area contributed by atoms with Gasteiger partial charge in [0.05, 0.1) is 7.05 Å². The van der Waals surface area contributed by atoms with Crippen molar-refractivity contribution in [1.29, 1.82) is 0 Å². The van der Waals surface area contributed by atoms with Gasteiger partial charge in [-0.05, 0) is 12.1 Å². The van der Waals surface area contributed by atoms with Gasteiger partial charge in [-0.3, -0.25) is 4.98 Å². The normalized spacial score (nSPS) is 41.6. The van der Waals surface area contributed by atoms with Gasteiger partial charge in [-0.25, -0.2) is 4.79 Å². The van der Waals surface area contributed by atoms with Crippen molar-refractivity contribution in [3.8, 4) is 0 Å². The second-order valence-electron chi connectivity index (χ2n) is 6.68. The number of ether oxygens (including phenoxy) is 1. The molecule has 25 heavy (non-hydrogen) atoms. The summed E-state index contributed by atoms with van der Waals surface area (Å²) in [6.45, 7) is 0.628. The van der Waals surface area contributed by atoms with Gasteiger partial charge in [-0.2, -0.15) is 9.48 Å². The van der Waals surface area contributed by atoms with E-state index >= 15 is 0 Å². The first kappa shape index (κ1) is 18.2. The molecule has 4 N–H and O–H groups in total. The van der Waals surface area contributed by atoms with Gasteiger partial charge in [0.2, 0.25) is 6.29 Å². The Hall–Kier alpha value is -1.62. The lowest BCUT2D eigenvalue weighted by Crippen LogP contribution is -2.63. The number of hydrogen-bond donors (Lipinski definition) is 4. The summed E-state index contributed by atoms with van der Waals surface area (Å²) in [5.74, 6) is -1.43. The highest BCUT2D eigenvalue weighted by Crippen LogP contribution is 2.39. The molecule has 9 heteroatoms. The van der Waals surface area contributed by atoms with E-state index in [-0.39, 0.29) is 10.7 Å². The summed E-state index contributed by atoms with van der Waals surface area (Å²) in [4.78, 5) is 21.3. The molecule has 0 aliphatic carbocycles. The van der Waals surface area contributed by atoms with E-state index in [1.165, 1.54) is 0 Å². The van der Waals surface area contributed by atoms with Gasteiger partial charge in [0.15, 0.2) is 6.10 Å².